The van der Waals surface area contributed by atoms with E-state index >= 15 is 0 Å². The molecule has 0 aromatic heterocycles. The summed E-state index contributed by atoms with van der Waals surface area (Å²) < 4.78 is 10.3. The summed E-state index contributed by atoms with van der Waals surface area (Å²) in [4.78, 5) is 11.2. The minimum atomic E-state index is -0.212. The molecule has 0 radical (unpaired) electrons. The molecule has 2 aliphatic rings. The van der Waals surface area contributed by atoms with Crippen molar-refractivity contribution in [2.45, 2.75) is 20.3 Å². The Morgan fingerprint density at radius 2 is 2.57 bits per heavy atom. The lowest BCUT2D eigenvalue weighted by Gasteiger charge is -2.42. The van der Waals surface area contributed by atoms with Gasteiger partial charge < -0.3 is 9.47 Å². The van der Waals surface area contributed by atoms with E-state index in [0.29, 0.717) is 17.9 Å². The van der Waals surface area contributed by atoms with Crippen LogP contribution < -0.4 is 0 Å². The Morgan fingerprint density at radius 3 is 3.21 bits per heavy atom. The fourth-order valence-electron chi connectivity index (χ4n) is 2.39. The SMILES string of the molecule is CCOC(=O)/C=C1\C[C@]2(C)COC[C@H]12. The van der Waals surface area contributed by atoms with Crippen LogP contribution in [0.2, 0.25) is 0 Å². The summed E-state index contributed by atoms with van der Waals surface area (Å²) in [5.41, 5.74) is 1.49. The lowest BCUT2D eigenvalue weighted by atomic mass is 9.60. The van der Waals surface area contributed by atoms with E-state index in [9.17, 15) is 4.79 Å². The summed E-state index contributed by atoms with van der Waals surface area (Å²) in [7, 11) is 0. The van der Waals surface area contributed by atoms with E-state index < -0.39 is 0 Å². The number of esters is 1. The van der Waals surface area contributed by atoms with Crippen molar-refractivity contribution in [2.24, 2.45) is 11.3 Å². The molecule has 2 fully saturated rings. The van der Waals surface area contributed by atoms with Gasteiger partial charge in [0.25, 0.3) is 0 Å². The van der Waals surface area contributed by atoms with Crippen molar-refractivity contribution < 1.29 is 14.3 Å². The van der Waals surface area contributed by atoms with Crippen LogP contribution in [0.4, 0.5) is 0 Å². The second kappa shape index (κ2) is 3.39. The van der Waals surface area contributed by atoms with Crippen molar-refractivity contribution in [2.75, 3.05) is 19.8 Å². The van der Waals surface area contributed by atoms with Gasteiger partial charge in [0.15, 0.2) is 0 Å². The number of carbonyl (C=O) groups excluding carboxylic acids is 1. The smallest absolute Gasteiger partial charge is 0.330 e. The van der Waals surface area contributed by atoms with Gasteiger partial charge in [0.05, 0.1) is 19.8 Å². The first-order valence-corrected chi connectivity index (χ1v) is 5.10. The molecule has 0 amide bonds. The number of fused-ring (bicyclic) bond motifs is 1. The minimum Gasteiger partial charge on any atom is -0.463 e. The molecule has 1 aliphatic heterocycles. The highest BCUT2D eigenvalue weighted by atomic mass is 16.5. The molecule has 0 bridgehead atoms. The molecule has 0 spiro atoms. The highest BCUT2D eigenvalue weighted by Gasteiger charge is 2.50. The third-order valence-corrected chi connectivity index (χ3v) is 3.20. The summed E-state index contributed by atoms with van der Waals surface area (Å²) in [6.07, 6.45) is 2.63. The minimum absolute atomic E-state index is 0.212. The summed E-state index contributed by atoms with van der Waals surface area (Å²) >= 11 is 0. The first kappa shape index (κ1) is 9.71. The monoisotopic (exact) mass is 196 g/mol. The predicted molar refractivity (Wildman–Crippen MR) is 51.7 cm³/mol. The maximum absolute atomic E-state index is 11.2. The van der Waals surface area contributed by atoms with Crippen molar-refractivity contribution >= 4 is 5.97 Å². The van der Waals surface area contributed by atoms with E-state index in [1.165, 1.54) is 5.57 Å². The summed E-state index contributed by atoms with van der Waals surface area (Å²) in [6.45, 7) is 6.08. The van der Waals surface area contributed by atoms with Crippen molar-refractivity contribution in [3.05, 3.63) is 11.6 Å². The second-order valence-corrected chi connectivity index (χ2v) is 4.37. The maximum atomic E-state index is 11.2. The van der Waals surface area contributed by atoms with Gasteiger partial charge in [0.2, 0.25) is 0 Å². The van der Waals surface area contributed by atoms with Gasteiger partial charge >= 0.3 is 5.97 Å². The Labute approximate surface area is 84.1 Å². The Kier molecular flexibility index (Phi) is 2.35. The zero-order chi connectivity index (χ0) is 10.2. The fourth-order valence-corrected chi connectivity index (χ4v) is 2.39. The van der Waals surface area contributed by atoms with E-state index in [2.05, 4.69) is 6.92 Å². The first-order valence-electron chi connectivity index (χ1n) is 5.10. The number of rotatable bonds is 2. The Balaban J connectivity index is 1.99. The van der Waals surface area contributed by atoms with Crippen LogP contribution in [0, 0.1) is 11.3 Å². The number of hydrogen-bond donors (Lipinski definition) is 0. The molecule has 1 saturated heterocycles. The molecule has 1 saturated carbocycles. The zero-order valence-corrected chi connectivity index (χ0v) is 8.71. The van der Waals surface area contributed by atoms with Gasteiger partial charge in [-0.2, -0.15) is 0 Å². The molecule has 0 aromatic carbocycles. The normalized spacial score (nSPS) is 37.9. The topological polar surface area (TPSA) is 35.5 Å². The molecule has 14 heavy (non-hydrogen) atoms. The molecule has 1 heterocycles. The highest BCUT2D eigenvalue weighted by molar-refractivity contribution is 5.83. The third-order valence-electron chi connectivity index (χ3n) is 3.20. The Hall–Kier alpha value is -0.830. The van der Waals surface area contributed by atoms with Crippen molar-refractivity contribution in [3.8, 4) is 0 Å². The predicted octanol–water partition coefficient (Wildman–Crippen LogP) is 1.53. The highest BCUT2D eigenvalue weighted by Crippen LogP contribution is 2.54. The average molecular weight is 196 g/mol. The van der Waals surface area contributed by atoms with E-state index in [4.69, 9.17) is 9.47 Å². The van der Waals surface area contributed by atoms with Crippen LogP contribution in [0.15, 0.2) is 11.6 Å². The van der Waals surface area contributed by atoms with Crippen LogP contribution >= 0.6 is 0 Å². The Morgan fingerprint density at radius 1 is 1.79 bits per heavy atom. The van der Waals surface area contributed by atoms with Crippen LogP contribution in [0.1, 0.15) is 20.3 Å². The number of carbonyl (C=O) groups is 1. The van der Waals surface area contributed by atoms with Crippen LogP contribution in [0.3, 0.4) is 0 Å². The summed E-state index contributed by atoms with van der Waals surface area (Å²) in [6, 6.07) is 0. The molecule has 2 atom stereocenters. The molecular formula is C11H16O3. The molecule has 78 valence electrons. The summed E-state index contributed by atoms with van der Waals surface area (Å²) in [5.74, 6) is 0.239. The van der Waals surface area contributed by atoms with E-state index in [1.807, 2.05) is 6.92 Å². The van der Waals surface area contributed by atoms with Crippen LogP contribution in [-0.2, 0) is 14.3 Å². The average Bonchev–Trinajstić information content (AvgIpc) is 2.39. The van der Waals surface area contributed by atoms with E-state index in [0.717, 1.165) is 19.6 Å². The molecule has 3 nitrogen and oxygen atoms in total. The number of hydrogen-bond acceptors (Lipinski definition) is 3. The molecule has 1 aliphatic carbocycles. The fraction of sp³-hybridized carbons (Fsp3) is 0.727. The Bertz CT molecular complexity index is 282. The molecule has 2 rings (SSSR count). The van der Waals surface area contributed by atoms with Crippen molar-refractivity contribution in [1.29, 1.82) is 0 Å². The third kappa shape index (κ3) is 1.46. The zero-order valence-electron chi connectivity index (χ0n) is 8.71. The molecule has 3 heteroatoms. The second-order valence-electron chi connectivity index (χ2n) is 4.37. The largest absolute Gasteiger partial charge is 0.463 e. The molecule has 0 N–H and O–H groups in total. The van der Waals surface area contributed by atoms with Gasteiger partial charge in [-0.05, 0) is 13.3 Å². The lowest BCUT2D eigenvalue weighted by Crippen LogP contribution is -2.39. The quantitative estimate of drug-likeness (QED) is 0.496. The van der Waals surface area contributed by atoms with Gasteiger partial charge in [0, 0.05) is 17.4 Å². The first-order chi connectivity index (χ1) is 6.65. The van der Waals surface area contributed by atoms with Crippen molar-refractivity contribution in [1.82, 2.24) is 0 Å². The maximum Gasteiger partial charge on any atom is 0.330 e. The number of ether oxygens (including phenoxy) is 2. The van der Waals surface area contributed by atoms with E-state index in [1.54, 1.807) is 6.08 Å². The van der Waals surface area contributed by atoms with Crippen LogP contribution in [-0.4, -0.2) is 25.8 Å². The van der Waals surface area contributed by atoms with Crippen LogP contribution in [0.5, 0.6) is 0 Å². The van der Waals surface area contributed by atoms with Gasteiger partial charge in [-0.15, -0.1) is 0 Å². The lowest BCUT2D eigenvalue weighted by molar-refractivity contribution is -0.137. The van der Waals surface area contributed by atoms with Crippen LogP contribution in [0.25, 0.3) is 0 Å². The van der Waals surface area contributed by atoms with Gasteiger partial charge in [-0.25, -0.2) is 4.79 Å². The van der Waals surface area contributed by atoms with E-state index in [-0.39, 0.29) is 5.97 Å². The molecular weight excluding hydrogens is 180 g/mol. The van der Waals surface area contributed by atoms with Crippen molar-refractivity contribution in [3.63, 3.8) is 0 Å². The molecule has 0 aromatic rings. The molecule has 0 unspecified atom stereocenters. The summed E-state index contributed by atoms with van der Waals surface area (Å²) in [5, 5.41) is 0. The van der Waals surface area contributed by atoms with Gasteiger partial charge in [-0.3, -0.25) is 0 Å². The van der Waals surface area contributed by atoms with Gasteiger partial charge in [-0.1, -0.05) is 12.5 Å². The standard InChI is InChI=1S/C11H16O3/c1-3-14-10(12)4-8-5-11(2)7-13-6-9(8)11/h4,9H,3,5-7H2,1-2H3/b8-4+/t9-,11-/m1/s1. The van der Waals surface area contributed by atoms with Gasteiger partial charge in [0.1, 0.15) is 0 Å².